The number of Topliss-reactive ketones (excluding diaryl/α,β-unsaturated/α-hetero) is 2. The van der Waals surface area contributed by atoms with Crippen LogP contribution in [0.1, 0.15) is 185 Å². The number of urea groups is 1. The topological polar surface area (TPSA) is 407 Å². The third-order valence-electron chi connectivity index (χ3n) is 19.7. The number of para-hydroxylation sites is 2. The van der Waals surface area contributed by atoms with Crippen molar-refractivity contribution in [3.05, 3.63) is 172 Å². The minimum atomic E-state index is -4.16. The molecule has 4 aromatic rings. The predicted molar refractivity (Wildman–Crippen MR) is 407 cm³/mol. The highest BCUT2D eigenvalue weighted by Gasteiger charge is 2.45. The first-order chi connectivity index (χ1) is 51.2. The maximum Gasteiger partial charge on any atom is 0.326 e. The molecule has 0 fully saturated rings. The van der Waals surface area contributed by atoms with Crippen molar-refractivity contribution < 1.29 is 98.8 Å². The average Bonchev–Trinajstić information content (AvgIpc) is 1.60. The average molecular weight is 1530 g/mol. The van der Waals surface area contributed by atoms with Crippen LogP contribution in [0, 0.1) is 5.92 Å². The largest absolute Gasteiger partial charge is 0.481 e. The Morgan fingerprint density at radius 2 is 1.19 bits per heavy atom. The number of carbonyl (C=O) groups excluding carboxylic acids is 5. The number of fused-ring (bicyclic) bond motifs is 2. The van der Waals surface area contributed by atoms with E-state index in [9.17, 15) is 84.4 Å². The van der Waals surface area contributed by atoms with Crippen LogP contribution in [0.25, 0.3) is 0 Å². The molecule has 0 bridgehead atoms. The Kier molecular flexibility index (Phi) is 32.1. The molecule has 1 aliphatic carbocycles. The summed E-state index contributed by atoms with van der Waals surface area (Å²) in [4.78, 5) is 117. The number of hydrogen-bond donors (Lipinski definition) is 10. The van der Waals surface area contributed by atoms with E-state index in [0.29, 0.717) is 87.1 Å². The molecule has 3 aliphatic rings. The number of nitrogens with one attached hydrogen (secondary N) is 4. The van der Waals surface area contributed by atoms with Crippen molar-refractivity contribution in [2.75, 3.05) is 36.0 Å². The Bertz CT molecular complexity index is 4280. The van der Waals surface area contributed by atoms with Crippen LogP contribution in [-0.2, 0) is 82.3 Å². The molecule has 4 aromatic carbocycles. The molecule has 0 unspecified atom stereocenters. The molecular formula is C80H103N6O20S2+. The number of ketones is 2. The highest BCUT2D eigenvalue weighted by Crippen LogP contribution is 2.48. The predicted octanol–water partition coefficient (Wildman–Crippen LogP) is 11.1. The number of nitrogens with zero attached hydrogens (tertiary/aromatic N) is 2. The zero-order valence-corrected chi connectivity index (χ0v) is 63.5. The molecule has 26 nitrogen and oxygen atoms in total. The lowest BCUT2D eigenvalue weighted by Gasteiger charge is -2.27. The number of amides is 4. The Morgan fingerprint density at radius 1 is 0.574 bits per heavy atom. The van der Waals surface area contributed by atoms with Crippen molar-refractivity contribution in [1.29, 1.82) is 0 Å². The van der Waals surface area contributed by atoms with E-state index in [1.165, 1.54) is 0 Å². The third kappa shape index (κ3) is 26.6. The molecule has 2 aliphatic heterocycles. The summed E-state index contributed by atoms with van der Waals surface area (Å²) in [5.74, 6) is -8.75. The van der Waals surface area contributed by atoms with E-state index in [1.54, 1.807) is 54.6 Å². The van der Waals surface area contributed by atoms with Gasteiger partial charge >= 0.3 is 29.9 Å². The van der Waals surface area contributed by atoms with Crippen LogP contribution in [0.3, 0.4) is 0 Å². The van der Waals surface area contributed by atoms with Gasteiger partial charge in [-0.1, -0.05) is 124 Å². The Hall–Kier alpha value is -9.64. The molecule has 108 heavy (non-hydrogen) atoms. The Labute approximate surface area is 631 Å². The summed E-state index contributed by atoms with van der Waals surface area (Å²) in [6, 6.07) is 26.7. The zero-order valence-electron chi connectivity index (χ0n) is 61.8. The molecule has 584 valence electrons. The van der Waals surface area contributed by atoms with Gasteiger partial charge in [-0.05, 0) is 143 Å². The van der Waals surface area contributed by atoms with Crippen LogP contribution >= 0.6 is 0 Å². The number of carboxylic acids is 4. The second-order valence-electron chi connectivity index (χ2n) is 28.9. The van der Waals surface area contributed by atoms with Gasteiger partial charge in [0.1, 0.15) is 35.9 Å². The van der Waals surface area contributed by atoms with Gasteiger partial charge in [0.15, 0.2) is 11.5 Å². The number of aliphatic carboxylic acids is 4. The maximum atomic E-state index is 14.3. The van der Waals surface area contributed by atoms with E-state index in [4.69, 9.17) is 9.84 Å². The lowest BCUT2D eigenvalue weighted by atomic mass is 9.81. The molecule has 28 heteroatoms. The van der Waals surface area contributed by atoms with Crippen molar-refractivity contribution in [2.24, 2.45) is 5.92 Å². The Morgan fingerprint density at radius 3 is 1.84 bits per heavy atom. The summed E-state index contributed by atoms with van der Waals surface area (Å²) in [5.41, 5.74) is 7.92. The number of benzene rings is 4. The molecule has 7 rings (SSSR count). The molecular weight excluding hydrogens is 1430 g/mol. The fourth-order valence-corrected chi connectivity index (χ4v) is 15.1. The van der Waals surface area contributed by atoms with Gasteiger partial charge in [0.25, 0.3) is 20.2 Å². The molecule has 2 heterocycles. The second kappa shape index (κ2) is 40.5. The van der Waals surface area contributed by atoms with Crippen molar-refractivity contribution in [2.45, 2.75) is 204 Å². The van der Waals surface area contributed by atoms with E-state index in [-0.39, 0.29) is 88.0 Å². The third-order valence-corrected chi connectivity index (χ3v) is 21.4. The number of hydrogen-bond acceptors (Lipinski definition) is 15. The van der Waals surface area contributed by atoms with Gasteiger partial charge < -0.3 is 51.3 Å². The lowest BCUT2D eigenvalue weighted by Crippen LogP contribution is -2.47. The molecule has 0 saturated carbocycles. The maximum absolute atomic E-state index is 14.3. The quantitative estimate of drug-likeness (QED) is 0.0112. The van der Waals surface area contributed by atoms with Gasteiger partial charge in [-0.15, -0.1) is 0 Å². The van der Waals surface area contributed by atoms with Crippen molar-refractivity contribution in [3.8, 4) is 5.75 Å². The first-order valence-corrected chi connectivity index (χ1v) is 40.2. The lowest BCUT2D eigenvalue weighted by molar-refractivity contribution is -0.438. The van der Waals surface area contributed by atoms with Crippen LogP contribution in [0.2, 0.25) is 0 Å². The first-order valence-electron chi connectivity index (χ1n) is 36.9. The number of rotatable bonds is 46. The SMILES string of the molecule is CC1(C)C(=CC=C2CCCC(C=CC3=[N+](CCCCS(=O)(=O)O)c4ccccc4C3(C)C)=C2Oc2ccc(C[C@H](NC(=O)[C@H](CC(=O)O)CC(=O)[C@H](Cc3ccccc3)NC(=O)CCCCCCCCC(=O)CC[C@H](NC(=O)NCCCC(=O)O)C(=O)O)C(=O)O)cc2)N(CCCCS(=O)(=O)O)c2ccccc21. The fraction of sp³-hybridized carbons (Fsp3) is 0.475. The monoisotopic (exact) mass is 1530 g/mol. The Balaban J connectivity index is 1.03. The first kappa shape index (κ1) is 85.6. The number of unbranched alkanes of at least 4 members (excludes halogenated alkanes) is 7. The molecule has 4 atom stereocenters. The number of ether oxygens (including phenoxy) is 1. The number of anilines is 1. The summed E-state index contributed by atoms with van der Waals surface area (Å²) in [5, 5.41) is 48.9. The molecule has 0 saturated heterocycles. The number of carbonyl (C=O) groups is 9. The van der Waals surface area contributed by atoms with Gasteiger partial charge in [-0.2, -0.15) is 21.4 Å². The van der Waals surface area contributed by atoms with E-state index >= 15 is 0 Å². The van der Waals surface area contributed by atoms with Gasteiger partial charge in [-0.25, -0.2) is 14.4 Å². The highest BCUT2D eigenvalue weighted by molar-refractivity contribution is 7.86. The molecule has 0 spiro atoms. The van der Waals surface area contributed by atoms with Gasteiger partial charge in [0.05, 0.1) is 35.3 Å². The fourth-order valence-electron chi connectivity index (χ4n) is 14.0. The van der Waals surface area contributed by atoms with E-state index < -0.39 is 115 Å². The van der Waals surface area contributed by atoms with Crippen molar-refractivity contribution in [1.82, 2.24) is 21.3 Å². The van der Waals surface area contributed by atoms with Crippen LogP contribution in [0.15, 0.2) is 150 Å². The minimum absolute atomic E-state index is 0.0166. The summed E-state index contributed by atoms with van der Waals surface area (Å²) >= 11 is 0. The number of allylic oxidation sites excluding steroid dienone is 7. The van der Waals surface area contributed by atoms with E-state index in [2.05, 4.69) is 82.7 Å². The molecule has 4 amide bonds. The number of carboxylic acid groups (broad SMARTS) is 4. The van der Waals surface area contributed by atoms with Gasteiger partial charge in [-0.3, -0.25) is 37.9 Å². The zero-order chi connectivity index (χ0) is 78.8. The van der Waals surface area contributed by atoms with Crippen LogP contribution in [0.4, 0.5) is 16.2 Å². The molecule has 0 radical (unpaired) electrons. The normalized spacial score (nSPS) is 16.5. The van der Waals surface area contributed by atoms with Gasteiger partial charge in [0, 0.05) is 92.5 Å². The van der Waals surface area contributed by atoms with E-state index in [0.717, 1.165) is 64.3 Å². The summed E-state index contributed by atoms with van der Waals surface area (Å²) in [6.45, 7) is 9.49. The molecule has 10 N–H and O–H groups in total. The summed E-state index contributed by atoms with van der Waals surface area (Å²) in [7, 11) is -8.33. The van der Waals surface area contributed by atoms with Crippen molar-refractivity contribution in [3.63, 3.8) is 0 Å². The second-order valence-corrected chi connectivity index (χ2v) is 32.0. The minimum Gasteiger partial charge on any atom is -0.481 e. The smallest absolute Gasteiger partial charge is 0.326 e. The summed E-state index contributed by atoms with van der Waals surface area (Å²) in [6.07, 6.45) is 13.8. The van der Waals surface area contributed by atoms with E-state index in [1.807, 2.05) is 48.6 Å². The highest BCUT2D eigenvalue weighted by atomic mass is 32.2. The van der Waals surface area contributed by atoms with Gasteiger partial charge in [0.2, 0.25) is 17.5 Å². The van der Waals surface area contributed by atoms with Crippen LogP contribution in [-0.4, -0.2) is 159 Å². The van der Waals surface area contributed by atoms with Crippen LogP contribution < -0.4 is 30.9 Å². The summed E-state index contributed by atoms with van der Waals surface area (Å²) < 4.78 is 75.0. The molecule has 0 aromatic heterocycles. The standard InChI is InChI=1S/C80H102N6O20S2/c1-79(2)61-29-14-16-31-66(61)85(46-18-20-48-107(100,101)102)69(79)43-37-56-26-22-27-57(38-44-70-80(3,4)62-30-15-17-32-67(62)86(70)47-19-21-49-108(103,104)105)74(56)106-60-40-35-55(36-41-60)51-65(77(97)98)83-75(94)58(53-73(92)93)52-68(88)64(50-54-24-10-9-11-25-54)82-71(89)33-13-8-6-5-7-12-28-59(87)39-42-63(76(95)96)84-78(99)81-45-23-34-72(90)91/h9-11,14-17,24-25,29-32,35-38,40-41,43-44,58,63-65H,5-8,12-13,18-23,26-28,33-34,39,42,45-53H2,1-4H3,(H9-,81,82,83,84,89,90,91,92,93,94,95,96,97,98,99,100,101,102,103,104,105)/p+1/t58-,63-,64-,65-/m0/s1. The van der Waals surface area contributed by atoms with Crippen molar-refractivity contribution >= 4 is 90.6 Å². The van der Waals surface area contributed by atoms with Crippen LogP contribution in [0.5, 0.6) is 5.75 Å².